The summed E-state index contributed by atoms with van der Waals surface area (Å²) in [5.74, 6) is -0.246. The van der Waals surface area contributed by atoms with Gasteiger partial charge in [0, 0.05) is 11.3 Å². The second kappa shape index (κ2) is 4.23. The number of rotatable bonds is 2. The van der Waals surface area contributed by atoms with Crippen molar-refractivity contribution in [1.29, 1.82) is 0 Å². The lowest BCUT2D eigenvalue weighted by Crippen LogP contribution is -2.10. The molecule has 0 unspecified atom stereocenters. The minimum absolute atomic E-state index is 0.0108. The van der Waals surface area contributed by atoms with E-state index in [9.17, 15) is 4.79 Å². The molecule has 0 radical (unpaired) electrons. The molecule has 1 aromatic heterocycles. The van der Waals surface area contributed by atoms with Crippen LogP contribution in [0.5, 0.6) is 0 Å². The Morgan fingerprint density at radius 2 is 2.16 bits per heavy atom. The number of fused-ring (bicyclic) bond motifs is 1. The molecular formula is C12H10N4O3. The first-order chi connectivity index (χ1) is 9.15. The topological polar surface area (TPSA) is 101 Å². The Kier molecular flexibility index (Phi) is 2.55. The lowest BCUT2D eigenvalue weighted by molar-refractivity contribution is -0.110. The monoisotopic (exact) mass is 258 g/mol. The van der Waals surface area contributed by atoms with Crippen LogP contribution in [-0.4, -0.2) is 26.3 Å². The van der Waals surface area contributed by atoms with Gasteiger partial charge < -0.3 is 10.3 Å². The van der Waals surface area contributed by atoms with Crippen LogP contribution < -0.4 is 10.5 Å². The zero-order valence-electron chi connectivity index (χ0n) is 9.66. The number of aromatic amines is 1. The highest BCUT2D eigenvalue weighted by Gasteiger charge is 2.25. The van der Waals surface area contributed by atoms with Crippen molar-refractivity contribution >= 4 is 28.9 Å². The molecule has 0 aliphatic carbocycles. The molecule has 1 aliphatic rings. The van der Waals surface area contributed by atoms with Crippen LogP contribution in [0.1, 0.15) is 11.3 Å². The third-order valence-corrected chi connectivity index (χ3v) is 2.84. The highest BCUT2D eigenvalue weighted by atomic mass is 16.8. The van der Waals surface area contributed by atoms with E-state index in [1.54, 1.807) is 18.3 Å². The van der Waals surface area contributed by atoms with Crippen molar-refractivity contribution in [2.45, 2.75) is 0 Å². The highest BCUT2D eigenvalue weighted by Crippen LogP contribution is 2.35. The predicted octanol–water partition coefficient (Wildman–Crippen LogP) is 1.49. The number of benzene rings is 1. The Balaban J connectivity index is 2.10. The number of nitrogens with one attached hydrogen (secondary N) is 2. The molecular weight excluding hydrogens is 248 g/mol. The number of carbonyl (C=O) groups is 1. The van der Waals surface area contributed by atoms with Crippen molar-refractivity contribution in [1.82, 2.24) is 9.97 Å². The van der Waals surface area contributed by atoms with Crippen LogP contribution in [0.4, 0.5) is 11.4 Å². The number of hydrogen-bond donors (Lipinski definition) is 4. The average Bonchev–Trinajstić information content (AvgIpc) is 2.98. The molecule has 0 fully saturated rings. The van der Waals surface area contributed by atoms with Crippen molar-refractivity contribution in [2.24, 2.45) is 0 Å². The van der Waals surface area contributed by atoms with E-state index in [1.165, 1.54) is 18.5 Å². The molecule has 1 amide bonds. The smallest absolute Gasteiger partial charge is 0.256 e. The van der Waals surface area contributed by atoms with E-state index in [4.69, 9.17) is 10.4 Å². The molecule has 7 heteroatoms. The second-order valence-electron chi connectivity index (χ2n) is 4.04. The minimum atomic E-state index is -0.246. The van der Waals surface area contributed by atoms with Crippen molar-refractivity contribution in [3.05, 3.63) is 42.0 Å². The Bertz CT molecular complexity index is 662. The van der Waals surface area contributed by atoms with E-state index < -0.39 is 0 Å². The SMILES string of the molecule is O=C1Nc2ccc(N(O)O)cc2/C1=C\c1cnc[nH]1. The molecule has 4 N–H and O–H groups in total. The van der Waals surface area contributed by atoms with Crippen molar-refractivity contribution in [2.75, 3.05) is 10.5 Å². The lowest BCUT2D eigenvalue weighted by atomic mass is 10.1. The van der Waals surface area contributed by atoms with Crippen LogP contribution in [0.3, 0.4) is 0 Å². The van der Waals surface area contributed by atoms with Gasteiger partial charge in [0.2, 0.25) is 0 Å². The molecule has 2 heterocycles. The summed E-state index contributed by atoms with van der Waals surface area (Å²) in [6, 6.07) is 4.60. The Labute approximate surface area is 107 Å². The van der Waals surface area contributed by atoms with Crippen LogP contribution in [-0.2, 0) is 4.79 Å². The van der Waals surface area contributed by atoms with E-state index in [-0.39, 0.29) is 16.8 Å². The number of anilines is 2. The number of aromatic nitrogens is 2. The number of imidazole rings is 1. The van der Waals surface area contributed by atoms with Crippen LogP contribution >= 0.6 is 0 Å². The molecule has 1 aromatic carbocycles. The van der Waals surface area contributed by atoms with E-state index in [0.29, 0.717) is 22.5 Å². The summed E-state index contributed by atoms with van der Waals surface area (Å²) in [6.45, 7) is 0. The summed E-state index contributed by atoms with van der Waals surface area (Å²) >= 11 is 0. The zero-order chi connectivity index (χ0) is 13.4. The Morgan fingerprint density at radius 1 is 1.32 bits per heavy atom. The van der Waals surface area contributed by atoms with Crippen LogP contribution in [0.25, 0.3) is 11.6 Å². The molecule has 0 spiro atoms. The molecule has 0 saturated carbocycles. The normalized spacial score (nSPS) is 15.5. The molecule has 0 bridgehead atoms. The zero-order valence-corrected chi connectivity index (χ0v) is 9.66. The van der Waals surface area contributed by atoms with Gasteiger partial charge in [0.25, 0.3) is 5.91 Å². The summed E-state index contributed by atoms with van der Waals surface area (Å²) < 4.78 is 0. The molecule has 0 saturated heterocycles. The van der Waals surface area contributed by atoms with Gasteiger partial charge in [0.15, 0.2) is 0 Å². The quantitative estimate of drug-likeness (QED) is 0.483. The van der Waals surface area contributed by atoms with Gasteiger partial charge in [-0.05, 0) is 24.3 Å². The summed E-state index contributed by atoms with van der Waals surface area (Å²) in [5.41, 5.74) is 2.52. The van der Waals surface area contributed by atoms with Gasteiger partial charge in [0.05, 0.1) is 29.5 Å². The minimum Gasteiger partial charge on any atom is -0.345 e. The first-order valence-electron chi connectivity index (χ1n) is 5.49. The number of H-pyrrole nitrogens is 1. The largest absolute Gasteiger partial charge is 0.345 e. The molecule has 1 aliphatic heterocycles. The highest BCUT2D eigenvalue weighted by molar-refractivity contribution is 6.35. The Morgan fingerprint density at radius 3 is 2.84 bits per heavy atom. The van der Waals surface area contributed by atoms with Crippen molar-refractivity contribution in [3.8, 4) is 0 Å². The van der Waals surface area contributed by atoms with Gasteiger partial charge in [-0.2, -0.15) is 0 Å². The van der Waals surface area contributed by atoms with E-state index >= 15 is 0 Å². The maximum atomic E-state index is 11.9. The van der Waals surface area contributed by atoms with Gasteiger partial charge in [-0.25, -0.2) is 4.98 Å². The number of hydrogen-bond acceptors (Lipinski definition) is 5. The lowest BCUT2D eigenvalue weighted by Gasteiger charge is -2.09. The van der Waals surface area contributed by atoms with Gasteiger partial charge in [-0.1, -0.05) is 0 Å². The van der Waals surface area contributed by atoms with Gasteiger partial charge in [-0.3, -0.25) is 15.2 Å². The van der Waals surface area contributed by atoms with Crippen LogP contribution in [0.15, 0.2) is 30.7 Å². The van der Waals surface area contributed by atoms with Gasteiger partial charge in [-0.15, -0.1) is 5.23 Å². The first-order valence-corrected chi connectivity index (χ1v) is 5.49. The van der Waals surface area contributed by atoms with Crippen molar-refractivity contribution < 1.29 is 15.2 Å². The number of amides is 1. The first kappa shape index (κ1) is 11.5. The number of nitrogens with zero attached hydrogens (tertiary/aromatic N) is 2. The summed E-state index contributed by atoms with van der Waals surface area (Å²) in [7, 11) is 0. The molecule has 2 aromatic rings. The summed E-state index contributed by atoms with van der Waals surface area (Å²) in [4.78, 5) is 18.6. The van der Waals surface area contributed by atoms with Crippen LogP contribution in [0.2, 0.25) is 0 Å². The molecule has 3 rings (SSSR count). The van der Waals surface area contributed by atoms with Gasteiger partial charge in [0.1, 0.15) is 0 Å². The van der Waals surface area contributed by atoms with E-state index in [0.717, 1.165) is 0 Å². The third kappa shape index (κ3) is 1.96. The molecule has 7 nitrogen and oxygen atoms in total. The predicted molar refractivity (Wildman–Crippen MR) is 67.6 cm³/mol. The number of carbonyl (C=O) groups excluding carboxylic acids is 1. The molecule has 0 atom stereocenters. The van der Waals surface area contributed by atoms with E-state index in [1.807, 2.05) is 0 Å². The molecule has 19 heavy (non-hydrogen) atoms. The Hall–Kier alpha value is -2.64. The third-order valence-electron chi connectivity index (χ3n) is 2.84. The summed E-state index contributed by atoms with van der Waals surface area (Å²) in [6.07, 6.45) is 4.75. The maximum absolute atomic E-state index is 11.9. The molecule has 96 valence electrons. The van der Waals surface area contributed by atoms with Crippen molar-refractivity contribution in [3.63, 3.8) is 0 Å². The second-order valence-corrected chi connectivity index (χ2v) is 4.04. The van der Waals surface area contributed by atoms with Gasteiger partial charge >= 0.3 is 0 Å². The standard InChI is InChI=1S/C12H10N4O3/c17-12-10(3-7-5-13-6-14-7)9-4-8(16(18)19)1-2-11(9)15-12/h1-6,18-19H,(H,13,14)(H,15,17)/b10-3+. The van der Waals surface area contributed by atoms with E-state index in [2.05, 4.69) is 15.3 Å². The fourth-order valence-corrected chi connectivity index (χ4v) is 1.94. The van der Waals surface area contributed by atoms with Crippen LogP contribution in [0, 0.1) is 0 Å². The maximum Gasteiger partial charge on any atom is 0.256 e. The summed E-state index contributed by atoms with van der Waals surface area (Å²) in [5, 5.41) is 20.7. The fourth-order valence-electron chi connectivity index (χ4n) is 1.94. The average molecular weight is 258 g/mol. The fraction of sp³-hybridized carbons (Fsp3) is 0.